The molecule has 0 saturated heterocycles. The molecule has 0 aliphatic rings. The van der Waals surface area contributed by atoms with Gasteiger partial charge in [-0.05, 0) is 55.4 Å². The molecule has 0 spiro atoms. The third-order valence-corrected chi connectivity index (χ3v) is 8.44. The molecule has 5 N–H and O–H groups in total. The molecular formula is C32H49N5O6S. The van der Waals surface area contributed by atoms with Gasteiger partial charge in [0, 0.05) is 42.9 Å². The van der Waals surface area contributed by atoms with E-state index in [-0.39, 0.29) is 47.2 Å². The van der Waals surface area contributed by atoms with E-state index in [1.807, 2.05) is 51.1 Å². The first kappa shape index (κ1) is 36.9. The highest BCUT2D eigenvalue weighted by molar-refractivity contribution is 7.89. The molecular weight excluding hydrogens is 582 g/mol. The summed E-state index contributed by atoms with van der Waals surface area (Å²) in [5.74, 6) is -1.86. The molecule has 0 aliphatic heterocycles. The molecule has 0 bridgehead atoms. The van der Waals surface area contributed by atoms with Crippen molar-refractivity contribution in [3.05, 3.63) is 70.8 Å². The van der Waals surface area contributed by atoms with Gasteiger partial charge in [-0.3, -0.25) is 14.4 Å². The van der Waals surface area contributed by atoms with Crippen LogP contribution in [0.15, 0.2) is 48.5 Å². The fraction of sp³-hybridized carbons (Fsp3) is 0.531. The molecule has 2 aromatic carbocycles. The number of aliphatic hydroxyl groups excluding tert-OH is 1. The highest BCUT2D eigenvalue weighted by Gasteiger charge is 2.27. The van der Waals surface area contributed by atoms with Crippen LogP contribution in [0.3, 0.4) is 0 Å². The Morgan fingerprint density at radius 3 is 2.00 bits per heavy atom. The topological polar surface area (TPSA) is 162 Å². The highest BCUT2D eigenvalue weighted by atomic mass is 32.2. The molecule has 0 aliphatic carbocycles. The number of nitrogens with zero attached hydrogens (tertiary/aromatic N) is 2. The van der Waals surface area contributed by atoms with Crippen molar-refractivity contribution in [2.24, 2.45) is 11.7 Å². The normalized spacial score (nSPS) is 13.1. The van der Waals surface area contributed by atoms with Gasteiger partial charge in [-0.25, -0.2) is 13.4 Å². The smallest absolute Gasteiger partial charge is 0.253 e. The van der Waals surface area contributed by atoms with Crippen molar-refractivity contribution >= 4 is 27.7 Å². The minimum Gasteiger partial charge on any atom is -0.390 e. The summed E-state index contributed by atoms with van der Waals surface area (Å²) in [4.78, 5) is 43.4. The fourth-order valence-electron chi connectivity index (χ4n) is 4.93. The van der Waals surface area contributed by atoms with Gasteiger partial charge in [0.15, 0.2) is 0 Å². The highest BCUT2D eigenvalue weighted by Crippen LogP contribution is 2.16. The van der Waals surface area contributed by atoms with Gasteiger partial charge in [0.1, 0.15) is 0 Å². The second kappa shape index (κ2) is 17.8. The zero-order valence-electron chi connectivity index (χ0n) is 26.6. The summed E-state index contributed by atoms with van der Waals surface area (Å²) >= 11 is 0. The molecule has 0 fully saturated rings. The fourth-order valence-corrected chi connectivity index (χ4v) is 6.45. The zero-order chi connectivity index (χ0) is 32.9. The number of carbonyl (C=O) groups is 3. The molecule has 0 aromatic heterocycles. The van der Waals surface area contributed by atoms with Gasteiger partial charge < -0.3 is 21.1 Å². The number of carbonyl (C=O) groups excluding carboxylic acids is 3. The van der Waals surface area contributed by atoms with Gasteiger partial charge in [-0.1, -0.05) is 65.0 Å². The Morgan fingerprint density at radius 1 is 0.886 bits per heavy atom. The number of hydrogen-bond acceptors (Lipinski definition) is 7. The van der Waals surface area contributed by atoms with E-state index in [0.717, 1.165) is 18.4 Å². The van der Waals surface area contributed by atoms with Crippen LogP contribution >= 0.6 is 0 Å². The van der Waals surface area contributed by atoms with E-state index in [4.69, 9.17) is 5.73 Å². The second-order valence-corrected chi connectivity index (χ2v) is 13.3. The van der Waals surface area contributed by atoms with Gasteiger partial charge in [-0.2, -0.15) is 0 Å². The van der Waals surface area contributed by atoms with E-state index in [9.17, 15) is 27.9 Å². The largest absolute Gasteiger partial charge is 0.390 e. The standard InChI is InChI=1S/C32H49N5O6S/c1-6-14-36(15-7-2)32(41)27-19-25(30(33)39)18-26(20-27)31(40)34-28(17-24-12-10-9-11-13-24)29(38)21-37(16-8-3)35-44(42,43)22-23(4)5/h9-13,18-20,23,28-29,35,38H,6-8,14-17,21-22H2,1-5H3,(H2,33,39)(H,34,40). The Kier molecular flexibility index (Phi) is 15.0. The lowest BCUT2D eigenvalue weighted by atomic mass is 9.99. The molecule has 2 aromatic rings. The monoisotopic (exact) mass is 631 g/mol. The molecule has 3 amide bonds. The van der Waals surface area contributed by atoms with E-state index in [1.54, 1.807) is 18.7 Å². The summed E-state index contributed by atoms with van der Waals surface area (Å²) < 4.78 is 25.3. The minimum absolute atomic E-state index is 0.0165. The Hall–Kier alpha value is -3.32. The Morgan fingerprint density at radius 2 is 1.45 bits per heavy atom. The van der Waals surface area contributed by atoms with Crippen molar-refractivity contribution in [3.8, 4) is 0 Å². The molecule has 244 valence electrons. The van der Waals surface area contributed by atoms with Crippen LogP contribution in [0.2, 0.25) is 0 Å². The number of rotatable bonds is 19. The van der Waals surface area contributed by atoms with E-state index < -0.39 is 34.0 Å². The number of nitrogens with two attached hydrogens (primary N) is 1. The predicted octanol–water partition coefficient (Wildman–Crippen LogP) is 2.95. The summed E-state index contributed by atoms with van der Waals surface area (Å²) in [5, 5.41) is 15.7. The molecule has 0 radical (unpaired) electrons. The maximum atomic E-state index is 13.7. The molecule has 12 heteroatoms. The summed E-state index contributed by atoms with van der Waals surface area (Å²) in [5.41, 5.74) is 6.64. The molecule has 0 heterocycles. The first-order valence-electron chi connectivity index (χ1n) is 15.3. The van der Waals surface area contributed by atoms with Crippen molar-refractivity contribution in [1.29, 1.82) is 0 Å². The van der Waals surface area contributed by atoms with E-state index in [2.05, 4.69) is 10.1 Å². The SMILES string of the molecule is CCCN(CC(O)C(Cc1ccccc1)NC(=O)c1cc(C(N)=O)cc(C(=O)N(CCC)CCC)c1)NS(=O)(=O)CC(C)C. The van der Waals surface area contributed by atoms with Crippen LogP contribution in [-0.2, 0) is 16.4 Å². The quantitative estimate of drug-likeness (QED) is 0.173. The van der Waals surface area contributed by atoms with Crippen molar-refractivity contribution in [3.63, 3.8) is 0 Å². The zero-order valence-corrected chi connectivity index (χ0v) is 27.4. The average molecular weight is 632 g/mol. The predicted molar refractivity (Wildman–Crippen MR) is 172 cm³/mol. The molecule has 2 atom stereocenters. The Bertz CT molecular complexity index is 1330. The van der Waals surface area contributed by atoms with Crippen molar-refractivity contribution in [1.82, 2.24) is 20.1 Å². The third kappa shape index (κ3) is 12.0. The minimum atomic E-state index is -3.64. The number of benzene rings is 2. The van der Waals surface area contributed by atoms with E-state index in [1.165, 1.54) is 23.2 Å². The first-order chi connectivity index (χ1) is 20.8. The van der Waals surface area contributed by atoms with Gasteiger partial charge in [0.2, 0.25) is 15.9 Å². The number of primary amides is 1. The van der Waals surface area contributed by atoms with Gasteiger partial charge >= 0.3 is 0 Å². The first-order valence-corrected chi connectivity index (χ1v) is 17.0. The van der Waals surface area contributed by atoms with Gasteiger partial charge in [0.05, 0.1) is 17.9 Å². The van der Waals surface area contributed by atoms with Crippen molar-refractivity contribution in [2.45, 2.75) is 72.4 Å². The second-order valence-electron chi connectivity index (χ2n) is 11.5. The summed E-state index contributed by atoms with van der Waals surface area (Å²) in [6.45, 7) is 10.7. The molecule has 0 saturated carbocycles. The molecule has 11 nitrogen and oxygen atoms in total. The van der Waals surface area contributed by atoms with Crippen LogP contribution in [0.5, 0.6) is 0 Å². The number of sulfonamides is 1. The van der Waals surface area contributed by atoms with Crippen LogP contribution in [-0.4, -0.2) is 85.2 Å². The van der Waals surface area contributed by atoms with Crippen LogP contribution in [0, 0.1) is 5.92 Å². The number of hydrogen-bond donors (Lipinski definition) is 4. The number of nitrogens with one attached hydrogen (secondary N) is 2. The van der Waals surface area contributed by atoms with Gasteiger partial charge in [-0.15, -0.1) is 4.83 Å². The third-order valence-electron chi connectivity index (χ3n) is 6.80. The maximum Gasteiger partial charge on any atom is 0.253 e. The van der Waals surface area contributed by atoms with Crippen LogP contribution in [0.1, 0.15) is 90.5 Å². The lowest BCUT2D eigenvalue weighted by Gasteiger charge is -2.30. The Balaban J connectivity index is 2.41. The summed E-state index contributed by atoms with van der Waals surface area (Å²) in [6, 6.07) is 12.6. The van der Waals surface area contributed by atoms with Crippen LogP contribution in [0.4, 0.5) is 0 Å². The molecule has 2 rings (SSSR count). The lowest BCUT2D eigenvalue weighted by molar-refractivity contribution is 0.0618. The van der Waals surface area contributed by atoms with Crippen molar-refractivity contribution < 1.29 is 27.9 Å². The average Bonchev–Trinajstić information content (AvgIpc) is 2.95. The number of hydrazine groups is 1. The van der Waals surface area contributed by atoms with E-state index >= 15 is 0 Å². The number of aliphatic hydroxyl groups is 1. The summed E-state index contributed by atoms with van der Waals surface area (Å²) in [6.07, 6.45) is 1.18. The van der Waals surface area contributed by atoms with Gasteiger partial charge in [0.25, 0.3) is 11.8 Å². The van der Waals surface area contributed by atoms with E-state index in [0.29, 0.717) is 26.1 Å². The maximum absolute atomic E-state index is 13.7. The molecule has 44 heavy (non-hydrogen) atoms. The number of amides is 3. The molecule has 2 unspecified atom stereocenters. The Labute approximate surface area is 262 Å². The lowest BCUT2D eigenvalue weighted by Crippen LogP contribution is -2.53. The van der Waals surface area contributed by atoms with Crippen LogP contribution in [0.25, 0.3) is 0 Å². The van der Waals surface area contributed by atoms with Crippen molar-refractivity contribution in [2.75, 3.05) is 31.9 Å². The summed E-state index contributed by atoms with van der Waals surface area (Å²) in [7, 11) is -3.64. The van der Waals surface area contributed by atoms with Crippen LogP contribution < -0.4 is 15.9 Å².